The lowest BCUT2D eigenvalue weighted by atomic mass is 10.0. The Morgan fingerprint density at radius 3 is 2.00 bits per heavy atom. The second-order valence-corrected chi connectivity index (χ2v) is 3.30. The van der Waals surface area contributed by atoms with Gasteiger partial charge in [0.05, 0.1) is 5.57 Å². The maximum atomic E-state index is 12.2. The lowest BCUT2D eigenvalue weighted by Gasteiger charge is -2.07. The number of rotatable bonds is 3. The van der Waals surface area contributed by atoms with Crippen LogP contribution in [-0.4, -0.2) is 6.18 Å². The lowest BCUT2D eigenvalue weighted by molar-refractivity contribution is -0.0883. The van der Waals surface area contributed by atoms with E-state index in [0.717, 1.165) is 12.2 Å². The van der Waals surface area contributed by atoms with Crippen LogP contribution in [0.3, 0.4) is 0 Å². The van der Waals surface area contributed by atoms with Crippen LogP contribution < -0.4 is 0 Å². The highest BCUT2D eigenvalue weighted by Crippen LogP contribution is 2.26. The van der Waals surface area contributed by atoms with Crippen LogP contribution in [0.5, 0.6) is 0 Å². The maximum Gasteiger partial charge on any atom is 0.416 e. The Morgan fingerprint density at radius 2 is 1.71 bits per heavy atom. The minimum atomic E-state index is -4.28. The van der Waals surface area contributed by atoms with E-state index in [1.807, 2.05) is 13.8 Å². The first-order valence-corrected chi connectivity index (χ1v) is 4.39. The molecule has 0 rings (SSSR count). The molecule has 0 aliphatic carbocycles. The van der Waals surface area contributed by atoms with Crippen LogP contribution in [0.15, 0.2) is 36.0 Å². The Bertz CT molecular complexity index is 254. The van der Waals surface area contributed by atoms with Crippen molar-refractivity contribution in [3.8, 4) is 0 Å². The summed E-state index contributed by atoms with van der Waals surface area (Å²) in [7, 11) is 0. The molecule has 0 aromatic carbocycles. The molecule has 0 amide bonds. The Balaban J connectivity index is 4.59. The smallest absolute Gasteiger partial charge is 0.166 e. The molecule has 0 bridgehead atoms. The zero-order valence-corrected chi connectivity index (χ0v) is 8.65. The van der Waals surface area contributed by atoms with E-state index >= 15 is 0 Å². The van der Waals surface area contributed by atoms with Crippen LogP contribution in [-0.2, 0) is 0 Å². The quantitative estimate of drug-likeness (QED) is 0.602. The summed E-state index contributed by atoms with van der Waals surface area (Å²) < 4.78 is 36.7. The SMILES string of the molecule is C=C(/C=C\C(=C/C)C(F)(F)F)C(C)C. The average molecular weight is 204 g/mol. The number of halogens is 3. The van der Waals surface area contributed by atoms with Gasteiger partial charge in [0.15, 0.2) is 0 Å². The molecule has 0 nitrogen and oxygen atoms in total. The second kappa shape index (κ2) is 5.03. The molecular weight excluding hydrogens is 189 g/mol. The van der Waals surface area contributed by atoms with Gasteiger partial charge in [-0.15, -0.1) is 0 Å². The fraction of sp³-hybridized carbons (Fsp3) is 0.455. The van der Waals surface area contributed by atoms with Gasteiger partial charge < -0.3 is 0 Å². The van der Waals surface area contributed by atoms with Crippen molar-refractivity contribution in [3.63, 3.8) is 0 Å². The van der Waals surface area contributed by atoms with Gasteiger partial charge in [-0.2, -0.15) is 13.2 Å². The Labute approximate surface area is 82.8 Å². The summed E-state index contributed by atoms with van der Waals surface area (Å²) in [5.74, 6) is 0.164. The average Bonchev–Trinajstić information content (AvgIpc) is 2.02. The molecule has 0 radical (unpaired) electrons. The summed E-state index contributed by atoms with van der Waals surface area (Å²) in [6, 6.07) is 0. The van der Waals surface area contributed by atoms with Gasteiger partial charge in [-0.3, -0.25) is 0 Å². The highest BCUT2D eigenvalue weighted by atomic mass is 19.4. The molecule has 0 saturated heterocycles. The molecular formula is C11H15F3. The van der Waals surface area contributed by atoms with Crippen molar-refractivity contribution in [1.82, 2.24) is 0 Å². The lowest BCUT2D eigenvalue weighted by Crippen LogP contribution is -2.09. The van der Waals surface area contributed by atoms with Gasteiger partial charge in [-0.05, 0) is 12.8 Å². The van der Waals surface area contributed by atoms with E-state index in [1.165, 1.54) is 13.0 Å². The second-order valence-electron chi connectivity index (χ2n) is 3.30. The summed E-state index contributed by atoms with van der Waals surface area (Å²) in [6.07, 6.45) is -0.761. The van der Waals surface area contributed by atoms with E-state index in [2.05, 4.69) is 6.58 Å². The van der Waals surface area contributed by atoms with Gasteiger partial charge in [-0.1, -0.05) is 44.2 Å². The van der Waals surface area contributed by atoms with Crippen molar-refractivity contribution >= 4 is 0 Å². The van der Waals surface area contributed by atoms with Crippen LogP contribution in [0.4, 0.5) is 13.2 Å². The first-order valence-electron chi connectivity index (χ1n) is 4.39. The summed E-state index contributed by atoms with van der Waals surface area (Å²) in [5.41, 5.74) is 0.0490. The molecule has 0 aromatic rings. The number of hydrogen-bond donors (Lipinski definition) is 0. The Kier molecular flexibility index (Phi) is 4.68. The standard InChI is InChI=1S/C11H15F3/c1-5-10(11(12,13)14)7-6-9(4)8(2)3/h5-8H,4H2,1-3H3/b7-6-,10-5+. The number of allylic oxidation sites excluding steroid dienone is 5. The zero-order valence-electron chi connectivity index (χ0n) is 8.65. The van der Waals surface area contributed by atoms with E-state index in [1.54, 1.807) is 0 Å². The molecule has 80 valence electrons. The van der Waals surface area contributed by atoms with Crippen LogP contribution in [0, 0.1) is 5.92 Å². The van der Waals surface area contributed by atoms with E-state index < -0.39 is 11.7 Å². The van der Waals surface area contributed by atoms with Gasteiger partial charge in [0.25, 0.3) is 0 Å². The van der Waals surface area contributed by atoms with Gasteiger partial charge in [-0.25, -0.2) is 0 Å². The van der Waals surface area contributed by atoms with E-state index in [9.17, 15) is 13.2 Å². The van der Waals surface area contributed by atoms with Crippen LogP contribution >= 0.6 is 0 Å². The Hall–Kier alpha value is -0.990. The molecule has 3 heteroatoms. The molecule has 0 spiro atoms. The summed E-state index contributed by atoms with van der Waals surface area (Å²) in [4.78, 5) is 0. The summed E-state index contributed by atoms with van der Waals surface area (Å²) in [6.45, 7) is 8.80. The molecule has 0 aliphatic heterocycles. The molecule has 0 N–H and O–H groups in total. The van der Waals surface area contributed by atoms with Crippen molar-refractivity contribution in [1.29, 1.82) is 0 Å². The molecule has 0 aromatic heterocycles. The summed E-state index contributed by atoms with van der Waals surface area (Å²) in [5, 5.41) is 0. The first-order chi connectivity index (χ1) is 6.29. The van der Waals surface area contributed by atoms with Crippen molar-refractivity contribution in [2.45, 2.75) is 26.9 Å². The summed E-state index contributed by atoms with van der Waals surface area (Å²) >= 11 is 0. The van der Waals surface area contributed by atoms with Gasteiger partial charge in [0.1, 0.15) is 0 Å². The molecule has 0 fully saturated rings. The number of hydrogen-bond acceptors (Lipinski definition) is 0. The van der Waals surface area contributed by atoms with Gasteiger partial charge in [0.2, 0.25) is 0 Å². The predicted octanol–water partition coefficient (Wildman–Crippen LogP) is 4.26. The van der Waals surface area contributed by atoms with Crippen molar-refractivity contribution in [2.75, 3.05) is 0 Å². The Morgan fingerprint density at radius 1 is 1.21 bits per heavy atom. The number of alkyl halides is 3. The zero-order chi connectivity index (χ0) is 11.4. The molecule has 14 heavy (non-hydrogen) atoms. The fourth-order valence-corrected chi connectivity index (χ4v) is 0.744. The predicted molar refractivity (Wildman–Crippen MR) is 52.9 cm³/mol. The minimum absolute atomic E-state index is 0.164. The van der Waals surface area contributed by atoms with Crippen molar-refractivity contribution < 1.29 is 13.2 Å². The van der Waals surface area contributed by atoms with E-state index in [0.29, 0.717) is 5.57 Å². The van der Waals surface area contributed by atoms with Crippen LogP contribution in [0.25, 0.3) is 0 Å². The van der Waals surface area contributed by atoms with E-state index in [4.69, 9.17) is 0 Å². The monoisotopic (exact) mass is 204 g/mol. The van der Waals surface area contributed by atoms with Gasteiger partial charge >= 0.3 is 6.18 Å². The largest absolute Gasteiger partial charge is 0.416 e. The van der Waals surface area contributed by atoms with Crippen LogP contribution in [0.2, 0.25) is 0 Å². The van der Waals surface area contributed by atoms with Crippen molar-refractivity contribution in [3.05, 3.63) is 36.0 Å². The van der Waals surface area contributed by atoms with Crippen molar-refractivity contribution in [2.24, 2.45) is 5.92 Å². The first kappa shape index (κ1) is 13.0. The molecule has 0 unspecified atom stereocenters. The molecule has 0 heterocycles. The van der Waals surface area contributed by atoms with E-state index in [-0.39, 0.29) is 5.92 Å². The third-order valence-corrected chi connectivity index (χ3v) is 1.86. The topological polar surface area (TPSA) is 0 Å². The third kappa shape index (κ3) is 4.30. The minimum Gasteiger partial charge on any atom is -0.166 e. The molecule has 0 atom stereocenters. The highest BCUT2D eigenvalue weighted by Gasteiger charge is 2.30. The van der Waals surface area contributed by atoms with Gasteiger partial charge in [0, 0.05) is 0 Å². The fourth-order valence-electron chi connectivity index (χ4n) is 0.744. The molecule has 0 saturated carbocycles. The normalized spacial score (nSPS) is 14.1. The highest BCUT2D eigenvalue weighted by molar-refractivity contribution is 5.29. The molecule has 0 aliphatic rings. The maximum absolute atomic E-state index is 12.2. The third-order valence-electron chi connectivity index (χ3n) is 1.86. The van der Waals surface area contributed by atoms with Crippen LogP contribution in [0.1, 0.15) is 20.8 Å².